The van der Waals surface area contributed by atoms with E-state index in [2.05, 4.69) is 20.9 Å². The van der Waals surface area contributed by atoms with Gasteiger partial charge in [-0.3, -0.25) is 43.3 Å². The molecule has 0 aliphatic heterocycles. The fourth-order valence-corrected chi connectivity index (χ4v) is 6.86. The van der Waals surface area contributed by atoms with Crippen molar-refractivity contribution in [2.45, 2.75) is 175 Å². The molecule has 0 radical (unpaired) electrons. The molecular weight excluding hydrogens is 805 g/mol. The van der Waals surface area contributed by atoms with Gasteiger partial charge in [-0.15, -0.1) is 0 Å². The number of ketones is 3. The summed E-state index contributed by atoms with van der Waals surface area (Å²) in [6.45, 7) is 9.00. The molecule has 0 aliphatic carbocycles. The molecule has 0 aliphatic rings. The topological polar surface area (TPSA) is 318 Å². The summed E-state index contributed by atoms with van der Waals surface area (Å²) in [6.07, 6.45) is 8.01. The van der Waals surface area contributed by atoms with Gasteiger partial charge in [-0.05, 0) is 38.0 Å². The maximum atomic E-state index is 13.6. The number of unbranched alkanes of at least 4 members (excludes halogenated alkanes) is 9. The molecule has 7 unspecified atom stereocenters. The standard InChI is InChI=1S/C44H78N6O12/c1-27(2)33(24-37(55)35(26-52)48-40(58)23-32(53)17-15-13-11-9-7-8-10-12-14-16-20-47-30(6)45)43(60)50-41(28(3)4)38(56)22-31(25-51)42(59)49-34(18-19-39(46)57)36(54)21-29(5)44(61)62/h27-29,31-35,41,51-53H,7-26H2,1-6H3,(H2,45,47)(H2,46,57)(H,48,58)(H,49,59)(H,50,60)(H,61,62). The Labute approximate surface area is 367 Å². The molecule has 0 heterocycles. The first kappa shape index (κ1) is 57.7. The number of aliphatic hydroxyl groups is 3. The second-order valence-electron chi connectivity index (χ2n) is 17.3. The Balaban J connectivity index is 5.20. The molecule has 0 aromatic carbocycles. The van der Waals surface area contributed by atoms with Crippen LogP contribution in [0.1, 0.15) is 151 Å². The van der Waals surface area contributed by atoms with Crippen LogP contribution in [0.4, 0.5) is 0 Å². The van der Waals surface area contributed by atoms with Crippen LogP contribution in [0.3, 0.4) is 0 Å². The van der Waals surface area contributed by atoms with Crippen molar-refractivity contribution in [1.82, 2.24) is 16.0 Å². The lowest BCUT2D eigenvalue weighted by molar-refractivity contribution is -0.143. The van der Waals surface area contributed by atoms with E-state index in [4.69, 9.17) is 11.5 Å². The zero-order valence-electron chi connectivity index (χ0n) is 38.0. The molecule has 0 aromatic heterocycles. The minimum atomic E-state index is -1.37. The van der Waals surface area contributed by atoms with E-state index in [0.717, 1.165) is 51.5 Å². The van der Waals surface area contributed by atoms with Gasteiger partial charge in [-0.1, -0.05) is 92.4 Å². The van der Waals surface area contributed by atoms with Gasteiger partial charge in [-0.2, -0.15) is 0 Å². The summed E-state index contributed by atoms with van der Waals surface area (Å²) in [4.78, 5) is 106. The Morgan fingerprint density at radius 1 is 0.597 bits per heavy atom. The predicted molar refractivity (Wildman–Crippen MR) is 234 cm³/mol. The van der Waals surface area contributed by atoms with Gasteiger partial charge in [0.15, 0.2) is 17.3 Å². The minimum Gasteiger partial charge on any atom is -0.481 e. The monoisotopic (exact) mass is 883 g/mol. The summed E-state index contributed by atoms with van der Waals surface area (Å²) in [5, 5.41) is 47.3. The largest absolute Gasteiger partial charge is 0.481 e. The van der Waals surface area contributed by atoms with E-state index in [9.17, 15) is 58.8 Å². The highest BCUT2D eigenvalue weighted by Crippen LogP contribution is 2.20. The number of carbonyl (C=O) groups is 8. The summed E-state index contributed by atoms with van der Waals surface area (Å²) < 4.78 is 0. The number of carbonyl (C=O) groups excluding carboxylic acids is 7. The maximum absolute atomic E-state index is 13.6. The molecule has 0 saturated carbocycles. The summed E-state index contributed by atoms with van der Waals surface area (Å²) in [5.41, 5.74) is 10.7. The minimum absolute atomic E-state index is 0.226. The number of rotatable bonds is 37. The van der Waals surface area contributed by atoms with Crippen LogP contribution in [0.25, 0.3) is 0 Å². The van der Waals surface area contributed by atoms with Crippen molar-refractivity contribution in [3.63, 3.8) is 0 Å². The quantitative estimate of drug-likeness (QED) is 0.0246. The highest BCUT2D eigenvalue weighted by atomic mass is 16.4. The summed E-state index contributed by atoms with van der Waals surface area (Å²) in [5.74, 6) is -9.85. The van der Waals surface area contributed by atoms with Crippen LogP contribution in [-0.4, -0.2) is 117 Å². The smallest absolute Gasteiger partial charge is 0.306 e. The number of nitrogens with two attached hydrogens (primary N) is 2. The molecule has 11 N–H and O–H groups in total. The van der Waals surface area contributed by atoms with Crippen molar-refractivity contribution in [2.24, 2.45) is 46.0 Å². The SMILES string of the molecule is CC(N)=NCCCCCCCCCCCCC(O)CC(=O)NC(CO)C(=O)CC(C(=O)NC(C(=O)CC(CO)C(=O)NC(CCC(N)=O)C(=O)CC(C)C(=O)O)C(C)C)C(C)C. The van der Waals surface area contributed by atoms with Crippen LogP contribution in [-0.2, 0) is 38.4 Å². The molecule has 356 valence electrons. The molecular formula is C44H78N6O12. The highest BCUT2D eigenvalue weighted by molar-refractivity contribution is 5.97. The van der Waals surface area contributed by atoms with E-state index in [1.807, 2.05) is 0 Å². The fraction of sp³-hybridized carbons (Fsp3) is 0.795. The zero-order valence-corrected chi connectivity index (χ0v) is 38.0. The lowest BCUT2D eigenvalue weighted by atomic mass is 9.86. The predicted octanol–water partition coefficient (Wildman–Crippen LogP) is 2.25. The second kappa shape index (κ2) is 32.4. The van der Waals surface area contributed by atoms with Crippen molar-refractivity contribution < 1.29 is 58.8 Å². The summed E-state index contributed by atoms with van der Waals surface area (Å²) in [6, 6.07) is -3.80. The number of aliphatic imine (C=N–C) groups is 1. The summed E-state index contributed by atoms with van der Waals surface area (Å²) in [7, 11) is 0. The molecule has 0 spiro atoms. The van der Waals surface area contributed by atoms with Crippen LogP contribution < -0.4 is 27.4 Å². The van der Waals surface area contributed by atoms with Crippen molar-refractivity contribution in [2.75, 3.05) is 19.8 Å². The van der Waals surface area contributed by atoms with Crippen molar-refractivity contribution in [1.29, 1.82) is 0 Å². The lowest BCUT2D eigenvalue weighted by Crippen LogP contribution is -2.51. The van der Waals surface area contributed by atoms with Gasteiger partial charge in [0, 0.05) is 38.1 Å². The van der Waals surface area contributed by atoms with Crippen LogP contribution in [0.5, 0.6) is 0 Å². The molecule has 4 amide bonds. The molecule has 18 nitrogen and oxygen atoms in total. The van der Waals surface area contributed by atoms with E-state index in [0.29, 0.717) is 12.3 Å². The molecule has 7 atom stereocenters. The van der Waals surface area contributed by atoms with E-state index in [1.165, 1.54) is 26.2 Å². The molecule has 0 fully saturated rings. The Bertz CT molecular complexity index is 1450. The third kappa shape index (κ3) is 25.6. The number of primary amides is 1. The molecule has 0 aromatic rings. The first-order valence-corrected chi connectivity index (χ1v) is 22.3. The number of hydrogen-bond donors (Lipinski definition) is 9. The van der Waals surface area contributed by atoms with Crippen LogP contribution in [0.15, 0.2) is 4.99 Å². The number of Topliss-reactive ketones (excluding diaryl/α,β-unsaturated/α-hetero) is 3. The number of carboxylic acid groups (broad SMARTS) is 1. The van der Waals surface area contributed by atoms with Gasteiger partial charge in [-0.25, -0.2) is 0 Å². The van der Waals surface area contributed by atoms with E-state index >= 15 is 0 Å². The van der Waals surface area contributed by atoms with E-state index < -0.39 is 127 Å². The van der Waals surface area contributed by atoms with Gasteiger partial charge in [0.05, 0.1) is 55.5 Å². The number of hydrogen-bond acceptors (Lipinski definition) is 12. The number of amides is 4. The van der Waals surface area contributed by atoms with E-state index in [1.54, 1.807) is 34.6 Å². The zero-order chi connectivity index (χ0) is 47.4. The Kier molecular flexibility index (Phi) is 30.2. The fourth-order valence-electron chi connectivity index (χ4n) is 6.86. The van der Waals surface area contributed by atoms with Gasteiger partial charge in [0.2, 0.25) is 23.6 Å². The normalized spacial score (nSPS) is 15.2. The van der Waals surface area contributed by atoms with Gasteiger partial charge < -0.3 is 47.8 Å². The Morgan fingerprint density at radius 2 is 1.15 bits per heavy atom. The average Bonchev–Trinajstić information content (AvgIpc) is 3.19. The third-order valence-electron chi connectivity index (χ3n) is 10.9. The van der Waals surface area contributed by atoms with Crippen molar-refractivity contribution in [3.05, 3.63) is 0 Å². The van der Waals surface area contributed by atoms with E-state index in [-0.39, 0.29) is 25.7 Å². The van der Waals surface area contributed by atoms with Gasteiger partial charge in [0.1, 0.15) is 6.04 Å². The number of amidine groups is 1. The Hall–Kier alpha value is -4.29. The van der Waals surface area contributed by atoms with Crippen LogP contribution in [0, 0.1) is 29.6 Å². The number of aliphatic hydroxyl groups excluding tert-OH is 3. The molecule has 0 saturated heterocycles. The van der Waals surface area contributed by atoms with Crippen molar-refractivity contribution in [3.8, 4) is 0 Å². The van der Waals surface area contributed by atoms with Gasteiger partial charge >= 0.3 is 5.97 Å². The third-order valence-corrected chi connectivity index (χ3v) is 10.9. The first-order chi connectivity index (χ1) is 29.1. The first-order valence-electron chi connectivity index (χ1n) is 22.3. The average molecular weight is 883 g/mol. The maximum Gasteiger partial charge on any atom is 0.306 e. The second-order valence-corrected chi connectivity index (χ2v) is 17.3. The van der Waals surface area contributed by atoms with Gasteiger partial charge in [0.25, 0.3) is 0 Å². The number of nitrogens with one attached hydrogen (secondary N) is 3. The highest BCUT2D eigenvalue weighted by Gasteiger charge is 2.35. The van der Waals surface area contributed by atoms with Crippen LogP contribution in [0.2, 0.25) is 0 Å². The molecule has 18 heteroatoms. The van der Waals surface area contributed by atoms with Crippen LogP contribution >= 0.6 is 0 Å². The number of aliphatic carboxylic acids is 1. The number of nitrogens with zero attached hydrogens (tertiary/aromatic N) is 1. The number of carboxylic acids is 1. The summed E-state index contributed by atoms with van der Waals surface area (Å²) >= 11 is 0. The van der Waals surface area contributed by atoms with Crippen molar-refractivity contribution >= 4 is 52.8 Å². The molecule has 0 bridgehead atoms. The lowest BCUT2D eigenvalue weighted by Gasteiger charge is -2.28. The Morgan fingerprint density at radius 3 is 1.63 bits per heavy atom. The molecule has 62 heavy (non-hydrogen) atoms. The molecule has 0 rings (SSSR count).